The van der Waals surface area contributed by atoms with Gasteiger partial charge in [-0.15, -0.1) is 10.2 Å². The van der Waals surface area contributed by atoms with Crippen molar-refractivity contribution in [3.63, 3.8) is 0 Å². The maximum absolute atomic E-state index is 13.1. The van der Waals surface area contributed by atoms with Gasteiger partial charge in [-0.2, -0.15) is 0 Å². The predicted octanol–water partition coefficient (Wildman–Crippen LogP) is 3.38. The number of aryl methyl sites for hydroxylation is 1. The van der Waals surface area contributed by atoms with Crippen molar-refractivity contribution in [2.45, 2.75) is 62.5 Å². The Bertz CT molecular complexity index is 783. The fraction of sp³-hybridized carbons (Fsp3) is 0.500. The predicted molar refractivity (Wildman–Crippen MR) is 95.4 cm³/mol. The van der Waals surface area contributed by atoms with Crippen molar-refractivity contribution in [2.24, 2.45) is 0 Å². The molecule has 2 aromatic rings. The molecular weight excluding hydrogens is 320 g/mol. The van der Waals surface area contributed by atoms with Gasteiger partial charge in [-0.25, -0.2) is 0 Å². The number of anilines is 1. The Morgan fingerprint density at radius 2 is 2.04 bits per heavy atom. The largest absolute Gasteiger partial charge is 0.308 e. The second-order valence-corrected chi connectivity index (χ2v) is 8.09. The van der Waals surface area contributed by atoms with Crippen LogP contribution in [0.25, 0.3) is 0 Å². The average molecular weight is 342 g/mol. The van der Waals surface area contributed by atoms with Crippen LogP contribution in [-0.4, -0.2) is 32.0 Å². The fourth-order valence-corrected chi connectivity index (χ4v) is 4.50. The molecule has 126 valence electrons. The summed E-state index contributed by atoms with van der Waals surface area (Å²) in [5.74, 6) is 1.10. The first kappa shape index (κ1) is 15.7. The van der Waals surface area contributed by atoms with Crippen LogP contribution < -0.4 is 4.90 Å². The van der Waals surface area contributed by atoms with E-state index >= 15 is 0 Å². The van der Waals surface area contributed by atoms with Crippen molar-refractivity contribution in [1.82, 2.24) is 14.8 Å². The van der Waals surface area contributed by atoms with Gasteiger partial charge in [0.1, 0.15) is 5.82 Å². The summed E-state index contributed by atoms with van der Waals surface area (Å²) in [6.07, 6.45) is 3.30. The maximum atomic E-state index is 13.1. The summed E-state index contributed by atoms with van der Waals surface area (Å²) >= 11 is 1.53. The summed E-state index contributed by atoms with van der Waals surface area (Å²) in [4.78, 5) is 15.0. The van der Waals surface area contributed by atoms with Crippen LogP contribution in [0.5, 0.6) is 0 Å². The molecule has 1 fully saturated rings. The number of hydrogen-bond donors (Lipinski definition) is 0. The lowest BCUT2D eigenvalue weighted by molar-refractivity contribution is -0.118. The van der Waals surface area contributed by atoms with Gasteiger partial charge in [0.05, 0.1) is 5.25 Å². The molecule has 6 heteroatoms. The van der Waals surface area contributed by atoms with Gasteiger partial charge >= 0.3 is 0 Å². The molecule has 0 bridgehead atoms. The van der Waals surface area contributed by atoms with Crippen LogP contribution in [0.15, 0.2) is 29.4 Å². The van der Waals surface area contributed by atoms with Crippen molar-refractivity contribution in [2.75, 3.05) is 4.90 Å². The standard InChI is InChI=1S/C18H22N4OS/c1-11-10-14-6-4-5-7-16(14)21(11)17(23)12(2)24-18-20-19-13(3)22(18)15-8-9-15/h4-7,11-12,15H,8-10H2,1-3H3/t11-,12+/m0/s1. The van der Waals surface area contributed by atoms with Gasteiger partial charge in [0.15, 0.2) is 5.16 Å². The summed E-state index contributed by atoms with van der Waals surface area (Å²) in [6, 6.07) is 8.94. The summed E-state index contributed by atoms with van der Waals surface area (Å²) in [6.45, 7) is 6.08. The highest BCUT2D eigenvalue weighted by atomic mass is 32.2. The number of fused-ring (bicyclic) bond motifs is 1. The molecule has 0 spiro atoms. The lowest BCUT2D eigenvalue weighted by atomic mass is 10.1. The molecule has 24 heavy (non-hydrogen) atoms. The number of aromatic nitrogens is 3. The van der Waals surface area contributed by atoms with Crippen LogP contribution in [0.4, 0.5) is 5.69 Å². The van der Waals surface area contributed by atoms with Crippen LogP contribution in [0.3, 0.4) is 0 Å². The van der Waals surface area contributed by atoms with E-state index in [-0.39, 0.29) is 17.2 Å². The molecule has 1 aromatic heterocycles. The lowest BCUT2D eigenvalue weighted by Gasteiger charge is -2.25. The van der Waals surface area contributed by atoms with E-state index in [2.05, 4.69) is 27.8 Å². The van der Waals surface area contributed by atoms with Crippen molar-refractivity contribution >= 4 is 23.4 Å². The van der Waals surface area contributed by atoms with Gasteiger partial charge in [-0.05, 0) is 51.7 Å². The van der Waals surface area contributed by atoms with Crippen LogP contribution in [0.1, 0.15) is 44.1 Å². The molecule has 0 N–H and O–H groups in total. The van der Waals surface area contributed by atoms with Gasteiger partial charge in [0.25, 0.3) is 0 Å². The number of nitrogens with zero attached hydrogens (tertiary/aromatic N) is 4. The third-order valence-corrected chi connectivity index (χ3v) is 5.87. The van der Waals surface area contributed by atoms with Gasteiger partial charge in [-0.3, -0.25) is 4.79 Å². The van der Waals surface area contributed by atoms with Gasteiger partial charge < -0.3 is 9.47 Å². The molecule has 0 radical (unpaired) electrons. The zero-order chi connectivity index (χ0) is 16.8. The molecule has 2 aliphatic rings. The Kier molecular flexibility index (Phi) is 3.87. The SMILES string of the molecule is Cc1nnc(S[C@H](C)C(=O)N2c3ccccc3C[C@@H]2C)n1C1CC1. The molecule has 4 rings (SSSR count). The van der Waals surface area contributed by atoms with E-state index in [1.807, 2.05) is 36.9 Å². The molecule has 0 unspecified atom stereocenters. The van der Waals surface area contributed by atoms with Crippen LogP contribution in [-0.2, 0) is 11.2 Å². The summed E-state index contributed by atoms with van der Waals surface area (Å²) in [5, 5.41) is 9.19. The number of thioether (sulfide) groups is 1. The van der Waals surface area contributed by atoms with Crippen molar-refractivity contribution < 1.29 is 4.79 Å². The molecule has 1 aliphatic carbocycles. The van der Waals surface area contributed by atoms with Crippen molar-refractivity contribution in [3.05, 3.63) is 35.7 Å². The molecule has 1 aliphatic heterocycles. The minimum atomic E-state index is -0.181. The molecule has 1 saturated carbocycles. The number of para-hydroxylation sites is 1. The molecule has 2 heterocycles. The van der Waals surface area contributed by atoms with E-state index in [0.717, 1.165) is 23.1 Å². The molecule has 1 aromatic carbocycles. The lowest BCUT2D eigenvalue weighted by Crippen LogP contribution is -2.40. The zero-order valence-electron chi connectivity index (χ0n) is 14.3. The van der Waals surface area contributed by atoms with Crippen molar-refractivity contribution in [1.29, 1.82) is 0 Å². The topological polar surface area (TPSA) is 51.0 Å². The van der Waals surface area contributed by atoms with Crippen LogP contribution in [0, 0.1) is 6.92 Å². The smallest absolute Gasteiger partial charge is 0.240 e. The summed E-state index contributed by atoms with van der Waals surface area (Å²) in [5.41, 5.74) is 2.31. The number of rotatable bonds is 4. The number of carbonyl (C=O) groups excluding carboxylic acids is 1. The Morgan fingerprint density at radius 3 is 2.79 bits per heavy atom. The first-order valence-electron chi connectivity index (χ1n) is 8.55. The molecule has 5 nitrogen and oxygen atoms in total. The van der Waals surface area contributed by atoms with E-state index in [1.165, 1.54) is 30.2 Å². The van der Waals surface area contributed by atoms with E-state index in [1.54, 1.807) is 0 Å². The normalized spacial score (nSPS) is 21.0. The van der Waals surface area contributed by atoms with Gasteiger partial charge in [0.2, 0.25) is 5.91 Å². The highest BCUT2D eigenvalue weighted by molar-refractivity contribution is 8.00. The highest BCUT2D eigenvalue weighted by Gasteiger charge is 2.35. The Morgan fingerprint density at radius 1 is 1.29 bits per heavy atom. The minimum absolute atomic E-state index is 0.153. The Hall–Kier alpha value is -1.82. The molecular formula is C18H22N4OS. The summed E-state index contributed by atoms with van der Waals surface area (Å²) < 4.78 is 2.19. The van der Waals surface area contributed by atoms with E-state index in [0.29, 0.717) is 6.04 Å². The Labute approximate surface area is 146 Å². The highest BCUT2D eigenvalue weighted by Crippen LogP contribution is 2.40. The molecule has 1 amide bonds. The first-order chi connectivity index (χ1) is 11.6. The van der Waals surface area contributed by atoms with Gasteiger partial charge in [0, 0.05) is 17.8 Å². The minimum Gasteiger partial charge on any atom is -0.308 e. The number of hydrogen-bond acceptors (Lipinski definition) is 4. The number of benzene rings is 1. The third-order valence-electron chi connectivity index (χ3n) is 4.82. The average Bonchev–Trinajstić information content (AvgIpc) is 3.24. The number of amides is 1. The zero-order valence-corrected chi connectivity index (χ0v) is 15.1. The summed E-state index contributed by atoms with van der Waals surface area (Å²) in [7, 11) is 0. The van der Waals surface area contributed by atoms with Crippen molar-refractivity contribution in [3.8, 4) is 0 Å². The Balaban J connectivity index is 1.55. The molecule has 0 saturated heterocycles. The fourth-order valence-electron chi connectivity index (χ4n) is 3.49. The second kappa shape index (κ2) is 5.92. The first-order valence-corrected chi connectivity index (χ1v) is 9.43. The van der Waals surface area contributed by atoms with Crippen LogP contribution >= 0.6 is 11.8 Å². The van der Waals surface area contributed by atoms with E-state index in [9.17, 15) is 4.79 Å². The quantitative estimate of drug-likeness (QED) is 0.799. The van der Waals surface area contributed by atoms with E-state index < -0.39 is 0 Å². The van der Waals surface area contributed by atoms with Gasteiger partial charge in [-0.1, -0.05) is 30.0 Å². The van der Waals surface area contributed by atoms with Crippen LogP contribution in [0.2, 0.25) is 0 Å². The third kappa shape index (κ3) is 2.62. The maximum Gasteiger partial charge on any atom is 0.240 e. The number of carbonyl (C=O) groups is 1. The second-order valence-electron chi connectivity index (χ2n) is 6.78. The van der Waals surface area contributed by atoms with E-state index in [4.69, 9.17) is 0 Å². The monoisotopic (exact) mass is 342 g/mol. The molecule has 2 atom stereocenters.